The maximum Gasteiger partial charge on any atom is 0.479 e. The average Bonchev–Trinajstić information content (AvgIpc) is 3.36. The summed E-state index contributed by atoms with van der Waals surface area (Å²) < 4.78 is 38.0. The van der Waals surface area contributed by atoms with Gasteiger partial charge in [-0.05, 0) is 19.6 Å². The first kappa shape index (κ1) is 32.3. The second kappa shape index (κ2) is 13.2. The molecule has 1 aliphatic heterocycles. The molecule has 20 heteroatoms. The van der Waals surface area contributed by atoms with Crippen molar-refractivity contribution in [2.75, 3.05) is 36.2 Å². The topological polar surface area (TPSA) is 198 Å². The van der Waals surface area contributed by atoms with Crippen LogP contribution in [-0.2, 0) is 22.7 Å². The molecule has 0 radical (unpaired) electrons. The largest absolute Gasteiger partial charge is 0.479 e. The van der Waals surface area contributed by atoms with Crippen molar-refractivity contribution in [2.45, 2.75) is 54.0 Å². The smallest absolute Gasteiger partial charge is 0.387 e. The zero-order valence-corrected chi connectivity index (χ0v) is 25.4. The van der Waals surface area contributed by atoms with E-state index in [1.54, 1.807) is 11.8 Å². The van der Waals surface area contributed by atoms with Gasteiger partial charge in [-0.15, -0.1) is 0 Å². The molecule has 1 fully saturated rings. The van der Waals surface area contributed by atoms with E-state index in [2.05, 4.69) is 24.6 Å². The highest BCUT2D eigenvalue weighted by Crippen LogP contribution is 2.69. The van der Waals surface area contributed by atoms with E-state index in [1.165, 1.54) is 22.7 Å². The van der Waals surface area contributed by atoms with Crippen LogP contribution in [0.2, 0.25) is 0 Å². The van der Waals surface area contributed by atoms with E-state index in [9.17, 15) is 29.1 Å². The number of anilines is 1. The van der Waals surface area contributed by atoms with Crippen LogP contribution in [-0.4, -0.2) is 92.8 Å². The number of hydrogen-bond donors (Lipinski definition) is 5. The van der Waals surface area contributed by atoms with Crippen LogP contribution in [0.15, 0.2) is 11.5 Å². The monoisotopic (exact) mass is 655 g/mol. The molecule has 0 amide bonds. The predicted octanol–water partition coefficient (Wildman–Crippen LogP) is 3.19. The van der Waals surface area contributed by atoms with Crippen LogP contribution < -0.4 is 5.32 Å². The van der Waals surface area contributed by atoms with Crippen molar-refractivity contribution in [3.05, 3.63) is 6.33 Å². The van der Waals surface area contributed by atoms with Crippen LogP contribution in [0.5, 0.6) is 0 Å². The fourth-order valence-electron chi connectivity index (χ4n) is 3.23. The first-order valence-corrected chi connectivity index (χ1v) is 17.4. The summed E-state index contributed by atoms with van der Waals surface area (Å²) in [7, 11) is -10.2. The number of ether oxygens (including phenoxy) is 1. The molecule has 1 saturated heterocycles. The molecule has 3 heterocycles. The second-order valence-corrected chi connectivity index (χ2v) is 16.3. The number of alkyl halides is 2. The number of imidazole rings is 1. The van der Waals surface area contributed by atoms with E-state index in [1.807, 2.05) is 13.2 Å². The molecule has 0 saturated carbocycles. The molecular formula is C18H29Cl2N5O9P2S2. The zero-order valence-electron chi connectivity index (χ0n) is 20.5. The number of aliphatic hydroxyl groups is 2. The quantitative estimate of drug-likeness (QED) is 0.0653. The Labute approximate surface area is 237 Å². The Morgan fingerprint density at radius 3 is 2.58 bits per heavy atom. The first-order valence-electron chi connectivity index (χ1n) is 11.2. The van der Waals surface area contributed by atoms with Crippen LogP contribution in [0.25, 0.3) is 11.2 Å². The molecule has 38 heavy (non-hydrogen) atoms. The molecule has 0 aliphatic carbocycles. The van der Waals surface area contributed by atoms with Crippen molar-refractivity contribution in [3.8, 4) is 0 Å². The van der Waals surface area contributed by atoms with Crippen molar-refractivity contribution in [2.24, 2.45) is 0 Å². The number of hydrogen-bond acceptors (Lipinski definition) is 13. The maximum atomic E-state index is 12.2. The zero-order chi connectivity index (χ0) is 28.3. The molecular weight excluding hydrogens is 627 g/mol. The highest BCUT2D eigenvalue weighted by Gasteiger charge is 2.49. The standard InChI is InChI=1S/C18H29Cl2N5O9P2S2/c1-4-6-38-17-23-14(21-5-7-37-3)11-15(24-17)25(9-22-11)16-13(27)12(26)10(33-16)8-32-36(30,31)34-35(28,29)18(2,19)20/h9-10,12-13,16,26-27H,4-8H2,1-3H3,(H,28,29)(H,30,31)(H,21,23,24)/t10-,12-,13-,16-/m1/s1. The van der Waals surface area contributed by atoms with Gasteiger partial charge in [0, 0.05) is 18.1 Å². The lowest BCUT2D eigenvalue weighted by atomic mass is 10.1. The molecule has 1 aliphatic rings. The van der Waals surface area contributed by atoms with Gasteiger partial charge in [-0.3, -0.25) is 13.7 Å². The Balaban J connectivity index is 1.81. The van der Waals surface area contributed by atoms with Crippen molar-refractivity contribution >= 4 is 79.1 Å². The molecule has 2 unspecified atom stereocenters. The number of thioether (sulfide) groups is 2. The fourth-order valence-corrected chi connectivity index (χ4v) is 7.01. The molecule has 14 nitrogen and oxygen atoms in total. The summed E-state index contributed by atoms with van der Waals surface area (Å²) in [6.07, 6.45) is -1.34. The number of halogens is 2. The van der Waals surface area contributed by atoms with E-state index >= 15 is 0 Å². The number of nitrogens with zero attached hydrogens (tertiary/aromatic N) is 4. The van der Waals surface area contributed by atoms with Gasteiger partial charge >= 0.3 is 15.4 Å². The number of nitrogens with one attached hydrogen (secondary N) is 1. The fraction of sp³-hybridized carbons (Fsp3) is 0.722. The molecule has 2 aromatic rings. The predicted molar refractivity (Wildman–Crippen MR) is 146 cm³/mol. The molecule has 0 spiro atoms. The summed E-state index contributed by atoms with van der Waals surface area (Å²) in [6, 6.07) is 0. The van der Waals surface area contributed by atoms with E-state index in [4.69, 9.17) is 32.5 Å². The lowest BCUT2D eigenvalue weighted by molar-refractivity contribution is -0.0502. The number of fused-ring (bicyclic) bond motifs is 1. The third kappa shape index (κ3) is 7.75. The van der Waals surface area contributed by atoms with Gasteiger partial charge in [-0.2, -0.15) is 11.8 Å². The summed E-state index contributed by atoms with van der Waals surface area (Å²) in [5, 5.41) is 25.0. The number of aliphatic hydroxyl groups excluding tert-OH is 2. The highest BCUT2D eigenvalue weighted by atomic mass is 35.5. The molecule has 6 atom stereocenters. The van der Waals surface area contributed by atoms with Gasteiger partial charge in [0.2, 0.25) is 4.07 Å². The van der Waals surface area contributed by atoms with E-state index in [0.29, 0.717) is 28.7 Å². The van der Waals surface area contributed by atoms with Gasteiger partial charge in [-0.1, -0.05) is 41.9 Å². The summed E-state index contributed by atoms with van der Waals surface area (Å²) in [6.45, 7) is 2.77. The van der Waals surface area contributed by atoms with Crippen LogP contribution in [0, 0.1) is 0 Å². The van der Waals surface area contributed by atoms with Crippen LogP contribution >= 0.6 is 62.1 Å². The molecule has 5 N–H and O–H groups in total. The minimum absolute atomic E-state index is 0.337. The molecule has 2 aromatic heterocycles. The van der Waals surface area contributed by atoms with Gasteiger partial charge in [0.15, 0.2) is 28.4 Å². The number of phosphoric ester groups is 1. The van der Waals surface area contributed by atoms with Crippen molar-refractivity contribution in [1.29, 1.82) is 0 Å². The van der Waals surface area contributed by atoms with Crippen molar-refractivity contribution < 1.29 is 42.7 Å². The summed E-state index contributed by atoms with van der Waals surface area (Å²) in [4.78, 5) is 33.0. The van der Waals surface area contributed by atoms with E-state index in [0.717, 1.165) is 24.9 Å². The third-order valence-corrected chi connectivity index (χ3v) is 11.3. The number of aromatic nitrogens is 4. The molecule has 0 aromatic carbocycles. The van der Waals surface area contributed by atoms with Crippen LogP contribution in [0.4, 0.5) is 5.82 Å². The minimum Gasteiger partial charge on any atom is -0.387 e. The van der Waals surface area contributed by atoms with Gasteiger partial charge in [-0.25, -0.2) is 23.8 Å². The second-order valence-electron chi connectivity index (χ2n) is 8.20. The number of phosphoric acid groups is 1. The SMILES string of the molecule is CCCSc1nc(NCCSC)c2ncn([C@@H]3O[C@H](COP(=O)(O)OP(=O)(O)C(C)(Cl)Cl)[C@@H](O)[C@H]3O)c2n1. The molecule has 216 valence electrons. The Bertz CT molecular complexity index is 1210. The first-order chi connectivity index (χ1) is 17.7. The maximum absolute atomic E-state index is 12.2. The average molecular weight is 656 g/mol. The minimum atomic E-state index is -5.17. The lowest BCUT2D eigenvalue weighted by Gasteiger charge is -2.23. The Morgan fingerprint density at radius 2 is 1.95 bits per heavy atom. The molecule has 0 bridgehead atoms. The van der Waals surface area contributed by atoms with Crippen LogP contribution in [0.1, 0.15) is 26.5 Å². The van der Waals surface area contributed by atoms with Crippen LogP contribution in [0.3, 0.4) is 0 Å². The Hall–Kier alpha value is -0.190. The van der Waals surface area contributed by atoms with E-state index < -0.39 is 50.6 Å². The Morgan fingerprint density at radius 1 is 1.24 bits per heavy atom. The van der Waals surface area contributed by atoms with Crippen molar-refractivity contribution in [3.63, 3.8) is 0 Å². The summed E-state index contributed by atoms with van der Waals surface area (Å²) in [5.74, 6) is 2.12. The highest BCUT2D eigenvalue weighted by molar-refractivity contribution is 7.99. The van der Waals surface area contributed by atoms with Crippen molar-refractivity contribution in [1.82, 2.24) is 19.5 Å². The normalized spacial score (nSPS) is 25.4. The summed E-state index contributed by atoms with van der Waals surface area (Å²) in [5.41, 5.74) is 0.762. The van der Waals surface area contributed by atoms with Gasteiger partial charge < -0.3 is 30.1 Å². The van der Waals surface area contributed by atoms with Gasteiger partial charge in [0.05, 0.1) is 12.9 Å². The van der Waals surface area contributed by atoms with E-state index in [-0.39, 0.29) is 0 Å². The lowest BCUT2D eigenvalue weighted by Crippen LogP contribution is -2.33. The number of rotatable bonds is 14. The molecule has 3 rings (SSSR count). The third-order valence-electron chi connectivity index (χ3n) is 5.16. The van der Waals surface area contributed by atoms with Gasteiger partial charge in [0.25, 0.3) is 0 Å². The summed E-state index contributed by atoms with van der Waals surface area (Å²) >= 11 is 14.2. The van der Waals surface area contributed by atoms with Gasteiger partial charge in [0.1, 0.15) is 18.3 Å². The Kier molecular flexibility index (Phi) is 11.2.